The van der Waals surface area contributed by atoms with Crippen molar-refractivity contribution in [1.29, 1.82) is 0 Å². The number of halogens is 2. The number of hydrogen-bond acceptors (Lipinski definition) is 4. The zero-order valence-electron chi connectivity index (χ0n) is 12.2. The molecule has 0 aliphatic carbocycles. The van der Waals surface area contributed by atoms with Gasteiger partial charge in [-0.05, 0) is 36.4 Å². The predicted molar refractivity (Wildman–Crippen MR) is 86.4 cm³/mol. The maximum atomic E-state index is 13.4. The van der Waals surface area contributed by atoms with Crippen molar-refractivity contribution in [3.63, 3.8) is 0 Å². The molecule has 2 N–H and O–H groups in total. The molecular weight excluding hydrogens is 383 g/mol. The second-order valence-electron chi connectivity index (χ2n) is 4.57. The molecule has 2 rings (SSSR count). The van der Waals surface area contributed by atoms with Crippen molar-refractivity contribution in [2.75, 3.05) is 6.61 Å². The number of carbonyl (C=O) groups excluding carboxylic acids is 3. The van der Waals surface area contributed by atoms with Gasteiger partial charge in [0.25, 0.3) is 11.8 Å². The third-order valence-electron chi connectivity index (χ3n) is 2.85. The first kappa shape index (κ1) is 17.6. The standard InChI is InChI=1S/C16H12BrFN2O4/c17-11-7-5-10(6-8-11)15(22)20-19-14(21)9-24-16(23)12-3-1-2-4-13(12)18/h1-8H,9H2,(H,19,21)(H,20,22). The molecule has 0 saturated carbocycles. The Kier molecular flexibility index (Phi) is 6.02. The van der Waals surface area contributed by atoms with Gasteiger partial charge in [0, 0.05) is 10.0 Å². The first-order chi connectivity index (χ1) is 11.5. The summed E-state index contributed by atoms with van der Waals surface area (Å²) in [6, 6.07) is 11.7. The fraction of sp³-hybridized carbons (Fsp3) is 0.0625. The van der Waals surface area contributed by atoms with Gasteiger partial charge in [0.1, 0.15) is 5.82 Å². The van der Waals surface area contributed by atoms with E-state index in [4.69, 9.17) is 0 Å². The topological polar surface area (TPSA) is 84.5 Å². The fourth-order valence-corrected chi connectivity index (χ4v) is 1.94. The summed E-state index contributed by atoms with van der Waals surface area (Å²) in [5.41, 5.74) is 4.33. The van der Waals surface area contributed by atoms with Gasteiger partial charge in [-0.3, -0.25) is 20.4 Å². The molecule has 0 unspecified atom stereocenters. The molecule has 2 amide bonds. The summed E-state index contributed by atoms with van der Waals surface area (Å²) in [5, 5.41) is 0. The van der Waals surface area contributed by atoms with Gasteiger partial charge in [-0.15, -0.1) is 0 Å². The molecule has 0 radical (unpaired) electrons. The lowest BCUT2D eigenvalue weighted by atomic mass is 10.2. The van der Waals surface area contributed by atoms with Gasteiger partial charge in [0.2, 0.25) is 0 Å². The van der Waals surface area contributed by atoms with E-state index in [1.54, 1.807) is 24.3 Å². The normalized spacial score (nSPS) is 9.92. The highest BCUT2D eigenvalue weighted by Crippen LogP contribution is 2.10. The minimum absolute atomic E-state index is 0.274. The summed E-state index contributed by atoms with van der Waals surface area (Å²) in [4.78, 5) is 34.9. The Balaban J connectivity index is 1.79. The zero-order chi connectivity index (χ0) is 17.5. The molecule has 124 valence electrons. The van der Waals surface area contributed by atoms with E-state index in [0.29, 0.717) is 5.56 Å². The molecule has 0 fully saturated rings. The summed E-state index contributed by atoms with van der Waals surface area (Å²) in [7, 11) is 0. The van der Waals surface area contributed by atoms with Gasteiger partial charge in [-0.25, -0.2) is 9.18 Å². The Morgan fingerprint density at radius 3 is 2.33 bits per heavy atom. The van der Waals surface area contributed by atoms with Crippen LogP contribution in [0.3, 0.4) is 0 Å². The molecule has 8 heteroatoms. The van der Waals surface area contributed by atoms with E-state index in [9.17, 15) is 18.8 Å². The SMILES string of the molecule is O=C(COC(=O)c1ccccc1F)NNC(=O)c1ccc(Br)cc1. The Labute approximate surface area is 145 Å². The van der Waals surface area contributed by atoms with E-state index in [2.05, 4.69) is 31.5 Å². The van der Waals surface area contributed by atoms with E-state index < -0.39 is 30.2 Å². The number of amides is 2. The second-order valence-corrected chi connectivity index (χ2v) is 5.48. The number of hydrogen-bond donors (Lipinski definition) is 2. The number of carbonyl (C=O) groups is 3. The molecular formula is C16H12BrFN2O4. The highest BCUT2D eigenvalue weighted by Gasteiger charge is 2.14. The second kappa shape index (κ2) is 8.21. The van der Waals surface area contributed by atoms with Crippen molar-refractivity contribution in [3.05, 3.63) is 69.9 Å². The number of esters is 1. The van der Waals surface area contributed by atoms with E-state index >= 15 is 0 Å². The van der Waals surface area contributed by atoms with Crippen LogP contribution in [0.4, 0.5) is 4.39 Å². The van der Waals surface area contributed by atoms with Gasteiger partial charge in [0.15, 0.2) is 6.61 Å². The summed E-state index contributed by atoms with van der Waals surface area (Å²) >= 11 is 3.24. The lowest BCUT2D eigenvalue weighted by molar-refractivity contribution is -0.125. The van der Waals surface area contributed by atoms with Crippen molar-refractivity contribution in [2.45, 2.75) is 0 Å². The van der Waals surface area contributed by atoms with Gasteiger partial charge in [-0.1, -0.05) is 28.1 Å². The smallest absolute Gasteiger partial charge is 0.341 e. The van der Waals surface area contributed by atoms with Crippen LogP contribution in [0.5, 0.6) is 0 Å². The summed E-state index contributed by atoms with van der Waals surface area (Å²) in [5.74, 6) is -3.00. The number of benzene rings is 2. The van der Waals surface area contributed by atoms with Crippen LogP contribution in [-0.2, 0) is 9.53 Å². The highest BCUT2D eigenvalue weighted by atomic mass is 79.9. The molecule has 0 bridgehead atoms. The molecule has 2 aromatic rings. The lowest BCUT2D eigenvalue weighted by Gasteiger charge is -2.08. The van der Waals surface area contributed by atoms with Crippen LogP contribution in [0.1, 0.15) is 20.7 Å². The minimum Gasteiger partial charge on any atom is -0.452 e. The summed E-state index contributed by atoms with van der Waals surface area (Å²) in [6.07, 6.45) is 0. The monoisotopic (exact) mass is 394 g/mol. The molecule has 0 atom stereocenters. The van der Waals surface area contributed by atoms with Crippen LogP contribution >= 0.6 is 15.9 Å². The molecule has 0 saturated heterocycles. The zero-order valence-corrected chi connectivity index (χ0v) is 13.8. The van der Waals surface area contributed by atoms with E-state index in [0.717, 1.165) is 10.5 Å². The Morgan fingerprint density at radius 2 is 1.67 bits per heavy atom. The van der Waals surface area contributed by atoms with Crippen molar-refractivity contribution < 1.29 is 23.5 Å². The van der Waals surface area contributed by atoms with Gasteiger partial charge < -0.3 is 4.74 Å². The molecule has 0 aliphatic rings. The van der Waals surface area contributed by atoms with Gasteiger partial charge in [0.05, 0.1) is 5.56 Å². The average molecular weight is 395 g/mol. The van der Waals surface area contributed by atoms with Crippen molar-refractivity contribution in [3.8, 4) is 0 Å². The third kappa shape index (κ3) is 4.88. The Morgan fingerprint density at radius 1 is 1.00 bits per heavy atom. The molecule has 6 nitrogen and oxygen atoms in total. The maximum Gasteiger partial charge on any atom is 0.341 e. The maximum absolute atomic E-state index is 13.4. The van der Waals surface area contributed by atoms with Crippen LogP contribution < -0.4 is 10.9 Å². The van der Waals surface area contributed by atoms with Gasteiger partial charge in [-0.2, -0.15) is 0 Å². The van der Waals surface area contributed by atoms with Gasteiger partial charge >= 0.3 is 5.97 Å². The molecule has 0 aromatic heterocycles. The molecule has 0 heterocycles. The first-order valence-corrected chi connectivity index (χ1v) is 7.53. The number of ether oxygens (including phenoxy) is 1. The Bertz CT molecular complexity index is 765. The Hall–Kier alpha value is -2.74. The van der Waals surface area contributed by atoms with E-state index in [1.807, 2.05) is 0 Å². The van der Waals surface area contributed by atoms with Crippen molar-refractivity contribution in [1.82, 2.24) is 10.9 Å². The quantitative estimate of drug-likeness (QED) is 0.614. The summed E-state index contributed by atoms with van der Waals surface area (Å²) in [6.45, 7) is -0.659. The molecule has 2 aromatic carbocycles. The number of hydrazine groups is 1. The third-order valence-corrected chi connectivity index (χ3v) is 3.38. The van der Waals surface area contributed by atoms with Crippen LogP contribution in [-0.4, -0.2) is 24.4 Å². The van der Waals surface area contributed by atoms with E-state index in [-0.39, 0.29) is 5.56 Å². The van der Waals surface area contributed by atoms with Crippen molar-refractivity contribution >= 4 is 33.7 Å². The van der Waals surface area contributed by atoms with Crippen LogP contribution in [0, 0.1) is 5.82 Å². The minimum atomic E-state index is -0.970. The van der Waals surface area contributed by atoms with Crippen molar-refractivity contribution in [2.24, 2.45) is 0 Å². The highest BCUT2D eigenvalue weighted by molar-refractivity contribution is 9.10. The lowest BCUT2D eigenvalue weighted by Crippen LogP contribution is -2.43. The fourth-order valence-electron chi connectivity index (χ4n) is 1.67. The molecule has 24 heavy (non-hydrogen) atoms. The first-order valence-electron chi connectivity index (χ1n) is 6.74. The number of rotatable bonds is 4. The average Bonchev–Trinajstić information content (AvgIpc) is 2.58. The predicted octanol–water partition coefficient (Wildman–Crippen LogP) is 2.21. The molecule has 0 spiro atoms. The van der Waals surface area contributed by atoms with Crippen LogP contribution in [0.2, 0.25) is 0 Å². The van der Waals surface area contributed by atoms with E-state index in [1.165, 1.54) is 18.2 Å². The van der Waals surface area contributed by atoms with Crippen LogP contribution in [0.15, 0.2) is 53.0 Å². The van der Waals surface area contributed by atoms with Crippen LogP contribution in [0.25, 0.3) is 0 Å². The summed E-state index contributed by atoms with van der Waals surface area (Å²) < 4.78 is 18.9. The molecule has 0 aliphatic heterocycles. The largest absolute Gasteiger partial charge is 0.452 e. The number of nitrogens with one attached hydrogen (secondary N) is 2.